The molecule has 7 nitrogen and oxygen atoms in total. The van der Waals surface area contributed by atoms with Gasteiger partial charge < -0.3 is 20.5 Å². The monoisotopic (exact) mass is 326 g/mol. The Morgan fingerprint density at radius 3 is 2.68 bits per heavy atom. The van der Waals surface area contributed by atoms with Crippen LogP contribution in [0.1, 0.15) is 13.3 Å². The third-order valence-corrected chi connectivity index (χ3v) is 3.21. The predicted molar refractivity (Wildman–Crippen MR) is 84.3 cm³/mol. The van der Waals surface area contributed by atoms with Gasteiger partial charge in [0.1, 0.15) is 11.8 Å². The zero-order valence-electron chi connectivity index (χ0n) is 12.3. The Hall–Kier alpha value is -2.22. The molecule has 1 unspecified atom stereocenters. The number of carbonyl (C=O) groups excluding carboxylic acids is 2. The highest BCUT2D eigenvalue weighted by atomic mass is 32.2. The van der Waals surface area contributed by atoms with Gasteiger partial charge in [-0.1, -0.05) is 6.07 Å². The quantitative estimate of drug-likeness (QED) is 0.522. The molecule has 0 radical (unpaired) electrons. The Kier molecular flexibility index (Phi) is 7.24. The number of carboxylic acid groups (broad SMARTS) is 1. The number of carboxylic acids is 1. The van der Waals surface area contributed by atoms with E-state index in [1.807, 2.05) is 6.26 Å². The summed E-state index contributed by atoms with van der Waals surface area (Å²) in [6.45, 7) is 1.27. The van der Waals surface area contributed by atoms with Gasteiger partial charge in [0.2, 0.25) is 0 Å². The van der Waals surface area contributed by atoms with Gasteiger partial charge in [-0.3, -0.25) is 4.79 Å². The lowest BCUT2D eigenvalue weighted by molar-refractivity contribution is -0.139. The maximum atomic E-state index is 11.8. The van der Waals surface area contributed by atoms with E-state index < -0.39 is 24.0 Å². The van der Waals surface area contributed by atoms with Gasteiger partial charge in [-0.25, -0.2) is 9.59 Å². The van der Waals surface area contributed by atoms with Crippen molar-refractivity contribution in [1.29, 1.82) is 0 Å². The number of amides is 2. The molecule has 3 N–H and O–H groups in total. The number of benzene rings is 1. The average Bonchev–Trinajstić information content (AvgIpc) is 2.42. The molecular weight excluding hydrogens is 308 g/mol. The number of hydrogen-bond acceptors (Lipinski definition) is 5. The number of rotatable bonds is 7. The number of urea groups is 1. The standard InChI is InChI=1S/C14H18N2O5S/c1-9(17)21-11-5-3-4-10(8-11)15-14(20)16-12(13(18)19)6-7-22-2/h3-5,8,12H,6-7H2,1-2H3,(H,18,19)(H2,15,16,20). The van der Waals surface area contributed by atoms with Crippen LogP contribution in [0.25, 0.3) is 0 Å². The summed E-state index contributed by atoms with van der Waals surface area (Å²) in [6.07, 6.45) is 2.19. The lowest BCUT2D eigenvalue weighted by Crippen LogP contribution is -2.43. The van der Waals surface area contributed by atoms with Crippen molar-refractivity contribution in [3.8, 4) is 5.75 Å². The molecule has 2 amide bonds. The smallest absolute Gasteiger partial charge is 0.326 e. The van der Waals surface area contributed by atoms with E-state index in [1.54, 1.807) is 18.2 Å². The number of nitrogens with one attached hydrogen (secondary N) is 2. The summed E-state index contributed by atoms with van der Waals surface area (Å²) < 4.78 is 4.90. The molecule has 0 bridgehead atoms. The maximum absolute atomic E-state index is 11.8. The Morgan fingerprint density at radius 1 is 1.36 bits per heavy atom. The number of anilines is 1. The van der Waals surface area contributed by atoms with Crippen molar-refractivity contribution >= 4 is 35.4 Å². The second-order valence-electron chi connectivity index (χ2n) is 4.39. The molecule has 0 saturated carbocycles. The SMILES string of the molecule is CSCCC(NC(=O)Nc1cccc(OC(C)=O)c1)C(=O)O. The minimum absolute atomic E-state index is 0.294. The third kappa shape index (κ3) is 6.49. The van der Waals surface area contributed by atoms with Gasteiger partial charge in [-0.05, 0) is 30.6 Å². The summed E-state index contributed by atoms with van der Waals surface area (Å²) in [5, 5.41) is 13.9. The van der Waals surface area contributed by atoms with Gasteiger partial charge in [-0.15, -0.1) is 0 Å². The highest BCUT2D eigenvalue weighted by Gasteiger charge is 2.19. The van der Waals surface area contributed by atoms with E-state index in [2.05, 4.69) is 10.6 Å². The third-order valence-electron chi connectivity index (χ3n) is 2.57. The lowest BCUT2D eigenvalue weighted by Gasteiger charge is -2.15. The number of esters is 1. The second-order valence-corrected chi connectivity index (χ2v) is 5.38. The molecule has 0 heterocycles. The van der Waals surface area contributed by atoms with Crippen LogP contribution in [0, 0.1) is 0 Å². The van der Waals surface area contributed by atoms with E-state index >= 15 is 0 Å². The van der Waals surface area contributed by atoms with Crippen LogP contribution in [-0.2, 0) is 9.59 Å². The van der Waals surface area contributed by atoms with Gasteiger partial charge in [0, 0.05) is 18.7 Å². The number of carbonyl (C=O) groups is 3. The summed E-state index contributed by atoms with van der Waals surface area (Å²) in [6, 6.07) is 4.67. The van der Waals surface area contributed by atoms with Crippen LogP contribution in [-0.4, -0.2) is 41.1 Å². The van der Waals surface area contributed by atoms with E-state index in [-0.39, 0.29) is 0 Å². The zero-order valence-corrected chi connectivity index (χ0v) is 13.1. The molecule has 0 fully saturated rings. The summed E-state index contributed by atoms with van der Waals surface area (Å²) in [4.78, 5) is 33.8. The fourth-order valence-corrected chi connectivity index (χ4v) is 2.09. The van der Waals surface area contributed by atoms with Gasteiger partial charge >= 0.3 is 18.0 Å². The molecule has 22 heavy (non-hydrogen) atoms. The van der Waals surface area contributed by atoms with Crippen molar-refractivity contribution in [3.63, 3.8) is 0 Å². The number of thioether (sulfide) groups is 1. The van der Waals surface area contributed by atoms with Crippen LogP contribution in [0.4, 0.5) is 10.5 Å². The van der Waals surface area contributed by atoms with Gasteiger partial charge in [-0.2, -0.15) is 11.8 Å². The second kappa shape index (κ2) is 8.93. The number of hydrogen-bond donors (Lipinski definition) is 3. The largest absolute Gasteiger partial charge is 0.480 e. The predicted octanol–water partition coefficient (Wildman–Crippen LogP) is 1.94. The van der Waals surface area contributed by atoms with Crippen molar-refractivity contribution in [2.45, 2.75) is 19.4 Å². The highest BCUT2D eigenvalue weighted by Crippen LogP contribution is 2.17. The molecule has 120 valence electrons. The molecule has 1 aromatic carbocycles. The fraction of sp³-hybridized carbons (Fsp3) is 0.357. The maximum Gasteiger partial charge on any atom is 0.326 e. The molecule has 8 heteroatoms. The van der Waals surface area contributed by atoms with Gasteiger partial charge in [0.15, 0.2) is 0 Å². The molecule has 0 aromatic heterocycles. The molecule has 1 rings (SSSR count). The van der Waals surface area contributed by atoms with Crippen LogP contribution in [0.5, 0.6) is 5.75 Å². The Balaban J connectivity index is 2.63. The molecular formula is C14H18N2O5S. The van der Waals surface area contributed by atoms with E-state index in [1.165, 1.54) is 24.8 Å². The first-order chi connectivity index (χ1) is 10.4. The van der Waals surface area contributed by atoms with E-state index in [9.17, 15) is 14.4 Å². The Labute approximate surface area is 132 Å². The van der Waals surface area contributed by atoms with E-state index in [0.29, 0.717) is 23.6 Å². The van der Waals surface area contributed by atoms with E-state index in [4.69, 9.17) is 9.84 Å². The van der Waals surface area contributed by atoms with Crippen molar-refractivity contribution in [2.24, 2.45) is 0 Å². The van der Waals surface area contributed by atoms with Gasteiger partial charge in [0.05, 0.1) is 0 Å². The fourth-order valence-electron chi connectivity index (χ4n) is 1.62. The minimum atomic E-state index is -1.09. The first kappa shape index (κ1) is 17.8. The molecule has 0 aliphatic carbocycles. The van der Waals surface area contributed by atoms with Crippen LogP contribution in [0.3, 0.4) is 0 Å². The Bertz CT molecular complexity index is 550. The van der Waals surface area contributed by atoms with Crippen LogP contribution >= 0.6 is 11.8 Å². The molecule has 0 saturated heterocycles. The average molecular weight is 326 g/mol. The van der Waals surface area contributed by atoms with Gasteiger partial charge in [0.25, 0.3) is 0 Å². The lowest BCUT2D eigenvalue weighted by atomic mass is 10.2. The summed E-state index contributed by atoms with van der Waals surface area (Å²) >= 11 is 1.50. The van der Waals surface area contributed by atoms with Crippen molar-refractivity contribution in [3.05, 3.63) is 24.3 Å². The summed E-state index contributed by atoms with van der Waals surface area (Å²) in [5.41, 5.74) is 0.394. The van der Waals surface area contributed by atoms with Crippen LogP contribution in [0.15, 0.2) is 24.3 Å². The molecule has 1 atom stereocenters. The van der Waals surface area contributed by atoms with Crippen molar-refractivity contribution in [1.82, 2.24) is 5.32 Å². The Morgan fingerprint density at radius 2 is 2.09 bits per heavy atom. The molecule has 0 aliphatic heterocycles. The number of aliphatic carboxylic acids is 1. The van der Waals surface area contributed by atoms with E-state index in [0.717, 1.165) is 0 Å². The highest BCUT2D eigenvalue weighted by molar-refractivity contribution is 7.98. The van der Waals surface area contributed by atoms with Crippen LogP contribution < -0.4 is 15.4 Å². The van der Waals surface area contributed by atoms with Crippen molar-refractivity contribution < 1.29 is 24.2 Å². The summed E-state index contributed by atoms with van der Waals surface area (Å²) in [5.74, 6) is -0.635. The number of ether oxygens (including phenoxy) is 1. The first-order valence-electron chi connectivity index (χ1n) is 6.50. The zero-order chi connectivity index (χ0) is 16.5. The first-order valence-corrected chi connectivity index (χ1v) is 7.89. The normalized spacial score (nSPS) is 11.4. The molecule has 0 spiro atoms. The minimum Gasteiger partial charge on any atom is -0.480 e. The van der Waals surface area contributed by atoms with Crippen molar-refractivity contribution in [2.75, 3.05) is 17.3 Å². The molecule has 0 aliphatic rings. The molecule has 1 aromatic rings. The van der Waals surface area contributed by atoms with Crippen LogP contribution in [0.2, 0.25) is 0 Å². The summed E-state index contributed by atoms with van der Waals surface area (Å²) in [7, 11) is 0. The topological polar surface area (TPSA) is 105 Å².